The first-order chi connectivity index (χ1) is 27.4. The van der Waals surface area contributed by atoms with Crippen LogP contribution < -0.4 is 16.0 Å². The van der Waals surface area contributed by atoms with Crippen LogP contribution in [0, 0.1) is 11.3 Å². The molecule has 0 radical (unpaired) electrons. The van der Waals surface area contributed by atoms with Crippen LogP contribution in [0.3, 0.4) is 0 Å². The lowest BCUT2D eigenvalue weighted by Crippen LogP contribution is -2.54. The fourth-order valence-corrected chi connectivity index (χ4v) is 7.66. The number of nitrogens with zero attached hydrogens (tertiary/aromatic N) is 7. The summed E-state index contributed by atoms with van der Waals surface area (Å²) in [7, 11) is 0. The molecule has 0 saturated carbocycles. The van der Waals surface area contributed by atoms with E-state index >= 15 is 0 Å². The lowest BCUT2D eigenvalue weighted by atomic mass is 9.89. The van der Waals surface area contributed by atoms with E-state index in [1.54, 1.807) is 29.1 Å². The number of hydrogen-bond acceptors (Lipinski definition) is 12. The number of H-pyrrole nitrogens is 1. The molecule has 2 fully saturated rings. The second-order valence-electron chi connectivity index (χ2n) is 14.1. The average Bonchev–Trinajstić information content (AvgIpc) is 3.95. The summed E-state index contributed by atoms with van der Waals surface area (Å²) in [6, 6.07) is 16.6. The lowest BCUT2D eigenvalue weighted by Gasteiger charge is -2.32. The van der Waals surface area contributed by atoms with Gasteiger partial charge in [-0.05, 0) is 74.2 Å². The molecule has 0 aliphatic carbocycles. The molecule has 0 bridgehead atoms. The number of aryl methyl sites for hydroxylation is 1. The third kappa shape index (κ3) is 7.59. The van der Waals surface area contributed by atoms with E-state index in [2.05, 4.69) is 66.3 Å². The monoisotopic (exact) mass is 755 g/mol. The number of nitrogens with one attached hydrogen (secondary N) is 4. The highest BCUT2D eigenvalue weighted by Gasteiger charge is 2.45. The Morgan fingerprint density at radius 3 is 2.59 bits per heavy atom. The van der Waals surface area contributed by atoms with Crippen LogP contribution in [0.5, 0.6) is 0 Å². The zero-order chi connectivity index (χ0) is 38.6. The van der Waals surface area contributed by atoms with Crippen LogP contribution in [-0.2, 0) is 20.9 Å². The molecule has 2 aromatic carbocycles. The fourth-order valence-electron chi connectivity index (χ4n) is 7.66. The lowest BCUT2D eigenvalue weighted by molar-refractivity contribution is -0.136. The minimum absolute atomic E-state index is 0.0745. The van der Waals surface area contributed by atoms with Gasteiger partial charge in [-0.3, -0.25) is 34.1 Å². The standard InChI is InChI=1S/C40H41N11O5/c41-14-2-17-50-24-27(23-44-50)35-30-11-15-43-36(30)48-40(47-35)45-28-7-5-25(6-8-28)26-12-18-49(19-13-26)20-22-56-21-16-42-31-4-1-3-29-34(31)39(55)51(38(29)54)32-9-10-33(52)46-37(32)53/h1,3-8,11,15,23-24,26,32,42H,2,9-10,12-13,16-22H2,(H,46,52,53)(H2,43,45,47,48). The Bertz CT molecular complexity index is 2320. The number of amides is 4. The molecular formula is C40H41N11O5. The molecule has 2 saturated heterocycles. The molecule has 3 aliphatic rings. The van der Waals surface area contributed by atoms with Gasteiger partial charge in [-0.2, -0.15) is 15.3 Å². The van der Waals surface area contributed by atoms with Gasteiger partial charge in [0.25, 0.3) is 11.8 Å². The van der Waals surface area contributed by atoms with Crippen LogP contribution in [0.1, 0.15) is 64.3 Å². The number of benzene rings is 2. The van der Waals surface area contributed by atoms with Gasteiger partial charge in [0, 0.05) is 54.2 Å². The molecule has 16 heteroatoms. The van der Waals surface area contributed by atoms with E-state index in [9.17, 15) is 19.2 Å². The molecule has 4 N–H and O–H groups in total. The predicted octanol–water partition coefficient (Wildman–Crippen LogP) is 4.19. The van der Waals surface area contributed by atoms with Gasteiger partial charge in [0.05, 0.1) is 55.3 Å². The van der Waals surface area contributed by atoms with Crippen LogP contribution in [0.15, 0.2) is 67.1 Å². The molecule has 56 heavy (non-hydrogen) atoms. The van der Waals surface area contributed by atoms with Crippen LogP contribution in [0.4, 0.5) is 17.3 Å². The first-order valence-corrected chi connectivity index (χ1v) is 18.9. The van der Waals surface area contributed by atoms with E-state index in [0.717, 1.165) is 65.4 Å². The van der Waals surface area contributed by atoms with Crippen LogP contribution >= 0.6 is 0 Å². The van der Waals surface area contributed by atoms with Crippen molar-refractivity contribution in [2.75, 3.05) is 50.0 Å². The van der Waals surface area contributed by atoms with Crippen molar-refractivity contribution >= 4 is 52.0 Å². The number of nitriles is 1. The van der Waals surface area contributed by atoms with E-state index in [0.29, 0.717) is 50.3 Å². The van der Waals surface area contributed by atoms with Gasteiger partial charge in [0.1, 0.15) is 11.7 Å². The largest absolute Gasteiger partial charge is 0.382 e. The molecule has 286 valence electrons. The first-order valence-electron chi connectivity index (χ1n) is 18.9. The number of aromatic nitrogens is 5. The van der Waals surface area contributed by atoms with Crippen LogP contribution in [-0.4, -0.2) is 104 Å². The molecule has 3 aliphatic heterocycles. The van der Waals surface area contributed by atoms with E-state index in [4.69, 9.17) is 15.0 Å². The second kappa shape index (κ2) is 16.1. The van der Waals surface area contributed by atoms with Gasteiger partial charge in [-0.1, -0.05) is 18.2 Å². The fraction of sp³-hybridized carbons (Fsp3) is 0.350. The summed E-state index contributed by atoms with van der Waals surface area (Å²) in [6.07, 6.45) is 8.18. The number of rotatable bonds is 14. The van der Waals surface area contributed by atoms with Gasteiger partial charge in [-0.15, -0.1) is 0 Å². The summed E-state index contributed by atoms with van der Waals surface area (Å²) < 4.78 is 7.67. The number of anilines is 3. The van der Waals surface area contributed by atoms with Crippen molar-refractivity contribution in [3.63, 3.8) is 0 Å². The molecule has 1 unspecified atom stereocenters. The Morgan fingerprint density at radius 1 is 0.946 bits per heavy atom. The van der Waals surface area contributed by atoms with Gasteiger partial charge in [0.15, 0.2) is 0 Å². The quantitative estimate of drug-likeness (QED) is 0.0931. The zero-order valence-electron chi connectivity index (χ0n) is 30.7. The van der Waals surface area contributed by atoms with Gasteiger partial charge in [0.2, 0.25) is 17.8 Å². The van der Waals surface area contributed by atoms with Crippen molar-refractivity contribution in [1.82, 2.24) is 39.8 Å². The summed E-state index contributed by atoms with van der Waals surface area (Å²) in [6.45, 7) is 4.71. The van der Waals surface area contributed by atoms with Crippen molar-refractivity contribution < 1.29 is 23.9 Å². The number of hydrogen-bond donors (Lipinski definition) is 4. The van der Waals surface area contributed by atoms with E-state index in [1.165, 1.54) is 5.56 Å². The molecule has 8 rings (SSSR count). The van der Waals surface area contributed by atoms with Gasteiger partial charge < -0.3 is 25.3 Å². The Labute approximate surface area is 322 Å². The molecule has 4 amide bonds. The van der Waals surface area contributed by atoms with Crippen molar-refractivity contribution in [3.05, 3.63) is 83.8 Å². The highest BCUT2D eigenvalue weighted by atomic mass is 16.5. The highest BCUT2D eigenvalue weighted by Crippen LogP contribution is 2.33. The predicted molar refractivity (Wildman–Crippen MR) is 206 cm³/mol. The number of fused-ring (bicyclic) bond motifs is 2. The Kier molecular flexibility index (Phi) is 10.5. The average molecular weight is 756 g/mol. The maximum absolute atomic E-state index is 13.3. The number of aromatic amines is 1. The Hall–Kier alpha value is -6.44. The number of ether oxygens (including phenoxy) is 1. The van der Waals surface area contributed by atoms with E-state index < -0.39 is 29.7 Å². The highest BCUT2D eigenvalue weighted by molar-refractivity contribution is 6.25. The number of carbonyl (C=O) groups is 4. The number of likely N-dealkylation sites (tertiary alicyclic amines) is 1. The molecule has 1 atom stereocenters. The molecule has 3 aromatic heterocycles. The number of imide groups is 2. The van der Waals surface area contributed by atoms with Crippen molar-refractivity contribution in [2.24, 2.45) is 0 Å². The van der Waals surface area contributed by atoms with Crippen molar-refractivity contribution in [2.45, 2.75) is 50.6 Å². The topological polar surface area (TPSA) is 203 Å². The summed E-state index contributed by atoms with van der Waals surface area (Å²) in [4.78, 5) is 66.5. The SMILES string of the molecule is N#CCCn1cc(-c2nc(Nc3ccc(C4CCN(CCOCCNc5cccc6c5C(=O)N(C5CCC(=O)NC5=O)C6=O)CC4)cc3)nc3[nH]ccc23)cn1. The summed E-state index contributed by atoms with van der Waals surface area (Å²) in [5.74, 6) is -1.16. The first kappa shape index (κ1) is 36.5. The van der Waals surface area contributed by atoms with E-state index in [-0.39, 0.29) is 24.0 Å². The molecule has 16 nitrogen and oxygen atoms in total. The number of piperidine rings is 2. The third-order valence-corrected chi connectivity index (χ3v) is 10.6. The van der Waals surface area contributed by atoms with Gasteiger partial charge >= 0.3 is 0 Å². The normalized spacial score (nSPS) is 17.6. The Morgan fingerprint density at radius 2 is 1.79 bits per heavy atom. The minimum atomic E-state index is -1.00. The minimum Gasteiger partial charge on any atom is -0.382 e. The van der Waals surface area contributed by atoms with Crippen LogP contribution in [0.25, 0.3) is 22.3 Å². The maximum Gasteiger partial charge on any atom is 0.264 e. The summed E-state index contributed by atoms with van der Waals surface area (Å²) in [5, 5.41) is 23.0. The summed E-state index contributed by atoms with van der Waals surface area (Å²) in [5.41, 5.74) is 5.53. The second-order valence-corrected chi connectivity index (χ2v) is 14.1. The third-order valence-electron chi connectivity index (χ3n) is 10.6. The zero-order valence-corrected chi connectivity index (χ0v) is 30.7. The maximum atomic E-state index is 13.3. The van der Waals surface area contributed by atoms with Gasteiger partial charge in [-0.25, -0.2) is 4.98 Å². The van der Waals surface area contributed by atoms with Crippen LogP contribution in [0.2, 0.25) is 0 Å². The van der Waals surface area contributed by atoms with E-state index in [1.807, 2.05) is 18.5 Å². The van der Waals surface area contributed by atoms with Crippen molar-refractivity contribution in [1.29, 1.82) is 5.26 Å². The number of carbonyl (C=O) groups excluding carboxylic acids is 4. The molecule has 6 heterocycles. The molecule has 0 spiro atoms. The Balaban J connectivity index is 0.777. The summed E-state index contributed by atoms with van der Waals surface area (Å²) >= 11 is 0. The smallest absolute Gasteiger partial charge is 0.264 e. The molecular weight excluding hydrogens is 715 g/mol. The van der Waals surface area contributed by atoms with Crippen molar-refractivity contribution in [3.8, 4) is 17.3 Å². The molecule has 5 aromatic rings.